The van der Waals surface area contributed by atoms with Gasteiger partial charge >= 0.3 is 0 Å². The van der Waals surface area contributed by atoms with Gasteiger partial charge in [-0.3, -0.25) is 4.72 Å². The molecule has 0 saturated heterocycles. The van der Waals surface area contributed by atoms with Crippen molar-refractivity contribution in [1.29, 1.82) is 0 Å². The van der Waals surface area contributed by atoms with Crippen molar-refractivity contribution in [2.45, 2.75) is 51.3 Å². The number of rotatable bonds is 6. The fraction of sp³-hybridized carbons (Fsp3) is 0.350. The second-order valence-corrected chi connectivity index (χ2v) is 8.64. The molecular weight excluding hydrogens is 350 g/mol. The smallest absolute Gasteiger partial charge is 0.262 e. The van der Waals surface area contributed by atoms with Crippen LogP contribution in [0.15, 0.2) is 41.3 Å². The van der Waals surface area contributed by atoms with E-state index in [1.807, 2.05) is 45.9 Å². The number of aryl methyl sites for hydroxylation is 1. The van der Waals surface area contributed by atoms with Gasteiger partial charge in [0.05, 0.1) is 16.6 Å². The first-order valence-electron chi connectivity index (χ1n) is 8.52. The molecule has 26 heavy (non-hydrogen) atoms. The van der Waals surface area contributed by atoms with Crippen LogP contribution in [0.1, 0.15) is 66.6 Å². The molecule has 5 nitrogen and oxygen atoms in total. The van der Waals surface area contributed by atoms with Gasteiger partial charge in [0.25, 0.3) is 10.0 Å². The van der Waals surface area contributed by atoms with E-state index in [0.717, 1.165) is 17.2 Å². The highest BCUT2D eigenvalue weighted by molar-refractivity contribution is 7.92. The topological polar surface area (TPSA) is 86.3 Å². The Morgan fingerprint density at radius 1 is 1.00 bits per heavy atom. The number of carbonyl (C=O) groups excluding carboxylic acids is 1. The molecule has 2 aromatic rings. The highest BCUT2D eigenvalue weighted by atomic mass is 32.2. The van der Waals surface area contributed by atoms with Gasteiger partial charge < -0.3 is 9.90 Å². The highest BCUT2D eigenvalue weighted by Gasteiger charge is 2.22. The Hall–Kier alpha value is -2.34. The van der Waals surface area contributed by atoms with Crippen molar-refractivity contribution in [1.82, 2.24) is 0 Å². The van der Waals surface area contributed by atoms with Gasteiger partial charge in [-0.2, -0.15) is 0 Å². The summed E-state index contributed by atoms with van der Waals surface area (Å²) in [5, 5.41) is 11.1. The predicted molar refractivity (Wildman–Crippen MR) is 101 cm³/mol. The molecule has 0 atom stereocenters. The maximum Gasteiger partial charge on any atom is 0.262 e. The summed E-state index contributed by atoms with van der Waals surface area (Å²) in [5.74, 6) is -1.16. The van der Waals surface area contributed by atoms with E-state index in [9.17, 15) is 18.3 Å². The van der Waals surface area contributed by atoms with Crippen LogP contribution in [0.2, 0.25) is 0 Å². The summed E-state index contributed by atoms with van der Waals surface area (Å²) in [6.07, 6.45) is 0. The largest absolute Gasteiger partial charge is 0.545 e. The number of benzene rings is 2. The van der Waals surface area contributed by atoms with Crippen LogP contribution in [0.4, 0.5) is 5.69 Å². The number of nitrogens with one attached hydrogen (secondary N) is 1. The third-order valence-corrected chi connectivity index (χ3v) is 5.81. The molecule has 0 aliphatic rings. The van der Waals surface area contributed by atoms with Crippen molar-refractivity contribution in [2.75, 3.05) is 4.72 Å². The summed E-state index contributed by atoms with van der Waals surface area (Å²) in [7, 11) is -3.95. The minimum Gasteiger partial charge on any atom is -0.545 e. The van der Waals surface area contributed by atoms with Crippen molar-refractivity contribution < 1.29 is 18.3 Å². The molecule has 2 rings (SSSR count). The van der Waals surface area contributed by atoms with Crippen LogP contribution in [0.3, 0.4) is 0 Å². The number of carbonyl (C=O) groups is 1. The molecule has 0 bridgehead atoms. The van der Waals surface area contributed by atoms with Gasteiger partial charge in [-0.25, -0.2) is 8.42 Å². The van der Waals surface area contributed by atoms with E-state index in [-0.39, 0.29) is 22.3 Å². The van der Waals surface area contributed by atoms with E-state index in [2.05, 4.69) is 4.72 Å². The Bertz CT molecular complexity index is 905. The Balaban J connectivity index is 2.61. The number of aromatic carboxylic acids is 1. The predicted octanol–water partition coefficient (Wildman–Crippen LogP) is 3.41. The first-order chi connectivity index (χ1) is 12.0. The average molecular weight is 374 g/mol. The number of carboxylic acid groups (broad SMARTS) is 1. The van der Waals surface area contributed by atoms with Crippen molar-refractivity contribution in [3.8, 4) is 0 Å². The van der Waals surface area contributed by atoms with E-state index in [1.165, 1.54) is 12.1 Å². The zero-order valence-electron chi connectivity index (χ0n) is 15.7. The van der Waals surface area contributed by atoms with Gasteiger partial charge in [0, 0.05) is 0 Å². The molecule has 6 heteroatoms. The van der Waals surface area contributed by atoms with Crippen LogP contribution in [0.5, 0.6) is 0 Å². The van der Waals surface area contributed by atoms with Crippen molar-refractivity contribution in [3.63, 3.8) is 0 Å². The zero-order chi connectivity index (χ0) is 19.6. The minimum absolute atomic E-state index is 0.0625. The molecule has 2 aromatic carbocycles. The van der Waals surface area contributed by atoms with Gasteiger partial charge in [0.15, 0.2) is 0 Å². The highest BCUT2D eigenvalue weighted by Crippen LogP contribution is 2.34. The Morgan fingerprint density at radius 2 is 1.54 bits per heavy atom. The minimum atomic E-state index is -3.95. The number of hydrogen-bond donors (Lipinski definition) is 1. The fourth-order valence-corrected chi connectivity index (χ4v) is 4.26. The number of anilines is 1. The lowest BCUT2D eigenvalue weighted by Gasteiger charge is -2.21. The summed E-state index contributed by atoms with van der Waals surface area (Å²) >= 11 is 0. The lowest BCUT2D eigenvalue weighted by molar-refractivity contribution is -0.255. The summed E-state index contributed by atoms with van der Waals surface area (Å²) in [4.78, 5) is 11.0. The second-order valence-electron chi connectivity index (χ2n) is 6.99. The molecule has 0 aliphatic heterocycles. The lowest BCUT2D eigenvalue weighted by Crippen LogP contribution is -2.23. The summed E-state index contributed by atoms with van der Waals surface area (Å²) in [6, 6.07) is 9.67. The molecular formula is C20H24NO4S-. The molecule has 0 fully saturated rings. The van der Waals surface area contributed by atoms with Gasteiger partial charge in [0.2, 0.25) is 0 Å². The normalized spacial score (nSPS) is 11.8. The Labute approximate surface area is 155 Å². The molecule has 0 aromatic heterocycles. The average Bonchev–Trinajstić information content (AvgIpc) is 2.54. The molecule has 0 saturated carbocycles. The van der Waals surface area contributed by atoms with Crippen molar-refractivity contribution in [2.24, 2.45) is 0 Å². The molecule has 0 radical (unpaired) electrons. The monoisotopic (exact) mass is 374 g/mol. The maximum atomic E-state index is 13.0. The van der Waals surface area contributed by atoms with Crippen LogP contribution in [0, 0.1) is 6.92 Å². The quantitative estimate of drug-likeness (QED) is 0.839. The van der Waals surface area contributed by atoms with Crippen LogP contribution >= 0.6 is 0 Å². The number of para-hydroxylation sites is 1. The third kappa shape index (κ3) is 4.07. The molecule has 140 valence electrons. The van der Waals surface area contributed by atoms with Gasteiger partial charge in [0.1, 0.15) is 0 Å². The Morgan fingerprint density at radius 3 is 2.00 bits per heavy atom. The first-order valence-corrected chi connectivity index (χ1v) is 10.0. The van der Waals surface area contributed by atoms with E-state index in [0.29, 0.717) is 11.3 Å². The third-order valence-electron chi connectivity index (χ3n) is 4.32. The van der Waals surface area contributed by atoms with Crippen LogP contribution in [0.25, 0.3) is 0 Å². The van der Waals surface area contributed by atoms with Crippen molar-refractivity contribution in [3.05, 3.63) is 58.7 Å². The molecule has 0 heterocycles. The fourth-order valence-electron chi connectivity index (χ4n) is 2.87. The zero-order valence-corrected chi connectivity index (χ0v) is 16.5. The summed E-state index contributed by atoms with van der Waals surface area (Å²) in [6.45, 7) is 9.63. The number of carboxylic acids is 1. The van der Waals surface area contributed by atoms with E-state index in [4.69, 9.17) is 0 Å². The van der Waals surface area contributed by atoms with Gasteiger partial charge in [-0.05, 0) is 47.1 Å². The van der Waals surface area contributed by atoms with E-state index >= 15 is 0 Å². The van der Waals surface area contributed by atoms with E-state index in [1.54, 1.807) is 6.92 Å². The van der Waals surface area contributed by atoms with Gasteiger partial charge in [-0.1, -0.05) is 58.0 Å². The summed E-state index contributed by atoms with van der Waals surface area (Å²) < 4.78 is 28.7. The van der Waals surface area contributed by atoms with Crippen LogP contribution in [-0.4, -0.2) is 14.4 Å². The number of sulfonamides is 1. The SMILES string of the molecule is Cc1ccc(C(=O)[O-])cc1S(=O)(=O)Nc1c(C(C)C)cccc1C(C)C. The lowest BCUT2D eigenvalue weighted by atomic mass is 9.93. The Kier molecular flexibility index (Phi) is 5.76. The summed E-state index contributed by atoms with van der Waals surface area (Å²) in [5.41, 5.74) is 2.66. The molecule has 0 amide bonds. The van der Waals surface area contributed by atoms with Crippen LogP contribution in [-0.2, 0) is 10.0 Å². The van der Waals surface area contributed by atoms with Crippen molar-refractivity contribution >= 4 is 21.7 Å². The molecule has 1 N–H and O–H groups in total. The molecule has 0 spiro atoms. The molecule has 0 aliphatic carbocycles. The maximum absolute atomic E-state index is 13.0. The first kappa shape index (κ1) is 20.0. The molecule has 0 unspecified atom stereocenters. The number of hydrogen-bond acceptors (Lipinski definition) is 4. The van der Waals surface area contributed by atoms with E-state index < -0.39 is 16.0 Å². The second kappa shape index (κ2) is 7.50. The standard InChI is InChI=1S/C20H25NO4S/c1-12(2)16-7-6-8-17(13(3)4)19(16)21-26(24,25)18-11-15(20(22)23)10-9-14(18)5/h6-13,21H,1-5H3,(H,22,23)/p-1. The van der Waals surface area contributed by atoms with Gasteiger partial charge in [-0.15, -0.1) is 0 Å². The van der Waals surface area contributed by atoms with Crippen LogP contribution < -0.4 is 9.83 Å².